The largest absolute Gasteiger partial charge is 0.481 e. The summed E-state index contributed by atoms with van der Waals surface area (Å²) in [4.78, 5) is 23.6. The smallest absolute Gasteiger partial charge is 0.368 e. The third-order valence-corrected chi connectivity index (χ3v) is 2.67. The van der Waals surface area contributed by atoms with Crippen molar-refractivity contribution in [2.45, 2.75) is 12.8 Å². The fourth-order valence-corrected chi connectivity index (χ4v) is 1.76. The van der Waals surface area contributed by atoms with Crippen LogP contribution in [0.4, 0.5) is 14.6 Å². The lowest BCUT2D eigenvalue weighted by molar-refractivity contribution is -0.390. The standard InChI is InChI=1S/C8H5F2IN2O4/c9-6(10)4-1-3(2-5(14)15)8(13(16)17)12-7(4)11/h1,6H,2H2,(H,14,15). The predicted molar refractivity (Wildman–Crippen MR) is 59.9 cm³/mol. The molecule has 0 aromatic carbocycles. The normalized spacial score (nSPS) is 10.6. The molecule has 0 radical (unpaired) electrons. The van der Waals surface area contributed by atoms with E-state index in [1.807, 2.05) is 0 Å². The monoisotopic (exact) mass is 358 g/mol. The number of aromatic nitrogens is 1. The minimum atomic E-state index is -2.86. The highest BCUT2D eigenvalue weighted by Gasteiger charge is 2.25. The van der Waals surface area contributed by atoms with E-state index in [4.69, 9.17) is 5.11 Å². The Balaban J connectivity index is 3.36. The lowest BCUT2D eigenvalue weighted by Crippen LogP contribution is -2.08. The Kier molecular flexibility index (Phi) is 4.26. The first-order valence-electron chi connectivity index (χ1n) is 4.16. The zero-order valence-electron chi connectivity index (χ0n) is 8.06. The molecule has 6 nitrogen and oxygen atoms in total. The predicted octanol–water partition coefficient (Wildman–Crippen LogP) is 2.16. The van der Waals surface area contributed by atoms with Crippen LogP contribution < -0.4 is 0 Å². The molecule has 0 aliphatic rings. The lowest BCUT2D eigenvalue weighted by Gasteiger charge is -2.04. The second kappa shape index (κ2) is 5.29. The number of alkyl halides is 2. The minimum Gasteiger partial charge on any atom is -0.481 e. The Morgan fingerprint density at radius 2 is 2.24 bits per heavy atom. The van der Waals surface area contributed by atoms with E-state index in [0.717, 1.165) is 6.07 Å². The SMILES string of the molecule is O=C(O)Cc1cc(C(F)F)c(I)nc1[N+](=O)[O-]. The lowest BCUT2D eigenvalue weighted by atomic mass is 10.1. The van der Waals surface area contributed by atoms with Gasteiger partial charge in [-0.15, -0.1) is 0 Å². The summed E-state index contributed by atoms with van der Waals surface area (Å²) in [6.07, 6.45) is -3.58. The van der Waals surface area contributed by atoms with Gasteiger partial charge in [-0.3, -0.25) is 4.79 Å². The van der Waals surface area contributed by atoms with Crippen molar-refractivity contribution in [3.63, 3.8) is 0 Å². The number of carboxylic acids is 1. The number of pyridine rings is 1. The number of hydrogen-bond acceptors (Lipinski definition) is 4. The average molecular weight is 358 g/mol. The van der Waals surface area contributed by atoms with Crippen molar-refractivity contribution in [3.05, 3.63) is 31.0 Å². The quantitative estimate of drug-likeness (QED) is 0.385. The molecular formula is C8H5F2IN2O4. The second-order valence-corrected chi connectivity index (χ2v) is 4.00. The molecule has 1 rings (SSSR count). The van der Waals surface area contributed by atoms with Crippen LogP contribution in [0.25, 0.3) is 0 Å². The van der Waals surface area contributed by atoms with Crippen molar-refractivity contribution >= 4 is 34.4 Å². The highest BCUT2D eigenvalue weighted by molar-refractivity contribution is 14.1. The molecule has 0 saturated heterocycles. The number of carboxylic acid groups (broad SMARTS) is 1. The van der Waals surface area contributed by atoms with E-state index in [-0.39, 0.29) is 9.26 Å². The molecule has 0 aliphatic carbocycles. The van der Waals surface area contributed by atoms with Crippen LogP contribution in [-0.4, -0.2) is 21.0 Å². The first kappa shape index (κ1) is 13.7. The molecular weight excluding hydrogens is 353 g/mol. The van der Waals surface area contributed by atoms with Crippen LogP contribution in [-0.2, 0) is 11.2 Å². The summed E-state index contributed by atoms with van der Waals surface area (Å²) in [5, 5.41) is 19.1. The van der Waals surface area contributed by atoms with Gasteiger partial charge in [-0.1, -0.05) is 0 Å². The number of rotatable bonds is 4. The maximum atomic E-state index is 12.5. The van der Waals surface area contributed by atoms with Crippen molar-refractivity contribution in [2.75, 3.05) is 0 Å². The summed E-state index contributed by atoms with van der Waals surface area (Å²) in [6.45, 7) is 0. The molecule has 0 atom stereocenters. The summed E-state index contributed by atoms with van der Waals surface area (Å²) in [5.41, 5.74) is -0.842. The molecule has 0 aliphatic heterocycles. The van der Waals surface area contributed by atoms with Crippen molar-refractivity contribution in [1.82, 2.24) is 4.98 Å². The van der Waals surface area contributed by atoms with E-state index in [1.54, 1.807) is 0 Å². The van der Waals surface area contributed by atoms with Gasteiger partial charge in [0, 0.05) is 22.6 Å². The van der Waals surface area contributed by atoms with Gasteiger partial charge in [-0.05, 0) is 16.0 Å². The molecule has 17 heavy (non-hydrogen) atoms. The molecule has 1 aromatic heterocycles. The summed E-state index contributed by atoms with van der Waals surface area (Å²) < 4.78 is 24.8. The molecule has 0 saturated carbocycles. The van der Waals surface area contributed by atoms with E-state index in [1.165, 1.54) is 22.6 Å². The molecule has 0 amide bonds. The van der Waals surface area contributed by atoms with Crippen LogP contribution in [0.3, 0.4) is 0 Å². The Hall–Kier alpha value is -1.39. The van der Waals surface area contributed by atoms with Crippen LogP contribution in [0.15, 0.2) is 6.07 Å². The molecule has 92 valence electrons. The second-order valence-electron chi connectivity index (χ2n) is 2.98. The Morgan fingerprint density at radius 1 is 1.65 bits per heavy atom. The third-order valence-electron chi connectivity index (χ3n) is 1.81. The molecule has 1 N–H and O–H groups in total. The fraction of sp³-hybridized carbons (Fsp3) is 0.250. The topological polar surface area (TPSA) is 93.3 Å². The van der Waals surface area contributed by atoms with E-state index >= 15 is 0 Å². The average Bonchev–Trinajstić information content (AvgIpc) is 2.18. The van der Waals surface area contributed by atoms with Crippen LogP contribution in [0.1, 0.15) is 17.6 Å². The maximum absolute atomic E-state index is 12.5. The minimum absolute atomic E-state index is 0.210. The summed E-state index contributed by atoms with van der Waals surface area (Å²) in [5.74, 6) is -2.06. The van der Waals surface area contributed by atoms with Crippen LogP contribution in [0, 0.1) is 13.8 Å². The summed E-state index contributed by atoms with van der Waals surface area (Å²) >= 11 is 1.44. The van der Waals surface area contributed by atoms with E-state index in [0.29, 0.717) is 0 Å². The van der Waals surface area contributed by atoms with Gasteiger partial charge < -0.3 is 15.2 Å². The van der Waals surface area contributed by atoms with Gasteiger partial charge in [-0.25, -0.2) is 8.78 Å². The Labute approximate surface area is 107 Å². The van der Waals surface area contributed by atoms with Crippen molar-refractivity contribution in [3.8, 4) is 0 Å². The number of halogens is 3. The van der Waals surface area contributed by atoms with Crippen molar-refractivity contribution in [1.29, 1.82) is 0 Å². The zero-order chi connectivity index (χ0) is 13.2. The Bertz CT molecular complexity index is 481. The summed E-state index contributed by atoms with van der Waals surface area (Å²) in [6, 6.07) is 0.811. The van der Waals surface area contributed by atoms with E-state index in [9.17, 15) is 23.7 Å². The van der Waals surface area contributed by atoms with Crippen LogP contribution in [0.2, 0.25) is 0 Å². The first-order chi connectivity index (χ1) is 7.82. The Morgan fingerprint density at radius 3 is 2.65 bits per heavy atom. The van der Waals surface area contributed by atoms with Gasteiger partial charge in [-0.2, -0.15) is 0 Å². The van der Waals surface area contributed by atoms with Crippen molar-refractivity contribution in [2.24, 2.45) is 0 Å². The summed E-state index contributed by atoms with van der Waals surface area (Å²) in [7, 11) is 0. The van der Waals surface area contributed by atoms with Gasteiger partial charge in [0.15, 0.2) is 0 Å². The molecule has 0 spiro atoms. The van der Waals surface area contributed by atoms with Crippen LogP contribution >= 0.6 is 22.6 Å². The maximum Gasteiger partial charge on any atom is 0.368 e. The number of hydrogen-bond donors (Lipinski definition) is 1. The molecule has 1 heterocycles. The van der Waals surface area contributed by atoms with Gasteiger partial charge in [0.1, 0.15) is 0 Å². The van der Waals surface area contributed by atoms with Gasteiger partial charge in [0.2, 0.25) is 3.70 Å². The van der Waals surface area contributed by atoms with Gasteiger partial charge in [0.25, 0.3) is 6.43 Å². The van der Waals surface area contributed by atoms with Crippen molar-refractivity contribution < 1.29 is 23.6 Å². The number of nitro groups is 1. The highest BCUT2D eigenvalue weighted by atomic mass is 127. The number of nitrogens with zero attached hydrogens (tertiary/aromatic N) is 2. The number of carbonyl (C=O) groups is 1. The highest BCUT2D eigenvalue weighted by Crippen LogP contribution is 2.28. The molecule has 0 unspecified atom stereocenters. The fourth-order valence-electron chi connectivity index (χ4n) is 1.15. The molecule has 0 bridgehead atoms. The third kappa shape index (κ3) is 3.28. The molecule has 0 fully saturated rings. The van der Waals surface area contributed by atoms with Gasteiger partial charge >= 0.3 is 11.8 Å². The molecule has 1 aromatic rings. The first-order valence-corrected chi connectivity index (χ1v) is 5.24. The zero-order valence-corrected chi connectivity index (χ0v) is 10.2. The molecule has 9 heteroatoms. The van der Waals surface area contributed by atoms with Gasteiger partial charge in [0.05, 0.1) is 17.5 Å². The number of aliphatic carboxylic acids is 1. The van der Waals surface area contributed by atoms with E-state index < -0.39 is 35.1 Å². The van der Waals surface area contributed by atoms with Crippen LogP contribution in [0.5, 0.6) is 0 Å². The van der Waals surface area contributed by atoms with E-state index in [2.05, 4.69) is 4.98 Å².